The highest BCUT2D eigenvalue weighted by atomic mass is 16.5. The molecule has 2 N–H and O–H groups in total. The fourth-order valence-electron chi connectivity index (χ4n) is 1.92. The molecule has 0 radical (unpaired) electrons. The number of ether oxygens (including phenoxy) is 1. The molecule has 0 atom stereocenters. The zero-order chi connectivity index (χ0) is 14.5. The quantitative estimate of drug-likeness (QED) is 0.869. The van der Waals surface area contributed by atoms with Crippen molar-refractivity contribution in [3.8, 4) is 5.75 Å². The van der Waals surface area contributed by atoms with E-state index < -0.39 is 0 Å². The van der Waals surface area contributed by atoms with Gasteiger partial charge in [0.2, 0.25) is 0 Å². The molecule has 0 saturated heterocycles. The number of carbonyl (C=O) groups excluding carboxylic acids is 1. The van der Waals surface area contributed by atoms with Crippen LogP contribution in [0.5, 0.6) is 5.75 Å². The minimum atomic E-state index is -0.132. The summed E-state index contributed by atoms with van der Waals surface area (Å²) in [5, 5.41) is 0. The third-order valence-electron chi connectivity index (χ3n) is 3.03. The highest BCUT2D eigenvalue weighted by Gasteiger charge is 2.15. The Bertz CT molecular complexity index is 594. The van der Waals surface area contributed by atoms with Gasteiger partial charge in [0, 0.05) is 18.4 Å². The van der Waals surface area contributed by atoms with Crippen molar-refractivity contribution in [2.24, 2.45) is 0 Å². The number of benzene rings is 2. The van der Waals surface area contributed by atoms with E-state index in [2.05, 4.69) is 0 Å². The molecule has 0 fully saturated rings. The first-order chi connectivity index (χ1) is 9.63. The number of amides is 1. The molecule has 0 saturated carbocycles. The molecule has 104 valence electrons. The standard InChI is InChI=1S/C16H18N2O2/c1-3-20-13-10-8-12(9-11-13)18(2)16(19)14-6-4-5-7-15(14)17/h4-11H,3,17H2,1-2H3. The number of carbonyl (C=O) groups is 1. The van der Waals surface area contributed by atoms with Gasteiger partial charge in [-0.25, -0.2) is 0 Å². The van der Waals surface area contributed by atoms with E-state index in [0.29, 0.717) is 17.9 Å². The first-order valence-electron chi connectivity index (χ1n) is 6.49. The van der Waals surface area contributed by atoms with Crippen LogP contribution < -0.4 is 15.4 Å². The van der Waals surface area contributed by atoms with Crippen molar-refractivity contribution in [2.75, 3.05) is 24.3 Å². The zero-order valence-corrected chi connectivity index (χ0v) is 11.7. The summed E-state index contributed by atoms with van der Waals surface area (Å²) in [6.45, 7) is 2.55. The summed E-state index contributed by atoms with van der Waals surface area (Å²) >= 11 is 0. The van der Waals surface area contributed by atoms with E-state index >= 15 is 0 Å². The molecule has 0 spiro atoms. The van der Waals surface area contributed by atoms with Crippen molar-refractivity contribution in [1.29, 1.82) is 0 Å². The maximum Gasteiger partial charge on any atom is 0.260 e. The van der Waals surface area contributed by atoms with E-state index in [1.54, 1.807) is 30.1 Å². The third-order valence-corrected chi connectivity index (χ3v) is 3.03. The molecule has 0 unspecified atom stereocenters. The van der Waals surface area contributed by atoms with Crippen LogP contribution in [0.2, 0.25) is 0 Å². The number of para-hydroxylation sites is 1. The van der Waals surface area contributed by atoms with Crippen LogP contribution in [0.1, 0.15) is 17.3 Å². The summed E-state index contributed by atoms with van der Waals surface area (Å²) in [6, 6.07) is 14.4. The summed E-state index contributed by atoms with van der Waals surface area (Å²) < 4.78 is 5.38. The molecule has 0 aromatic heterocycles. The number of anilines is 2. The predicted molar refractivity (Wildman–Crippen MR) is 81.2 cm³/mol. The van der Waals surface area contributed by atoms with Crippen molar-refractivity contribution in [2.45, 2.75) is 6.92 Å². The minimum Gasteiger partial charge on any atom is -0.494 e. The first-order valence-corrected chi connectivity index (χ1v) is 6.49. The van der Waals surface area contributed by atoms with Gasteiger partial charge in [0.25, 0.3) is 5.91 Å². The van der Waals surface area contributed by atoms with Crippen LogP contribution in [-0.2, 0) is 0 Å². The number of nitrogens with two attached hydrogens (primary N) is 1. The Balaban J connectivity index is 2.20. The second kappa shape index (κ2) is 6.10. The number of hydrogen-bond acceptors (Lipinski definition) is 3. The number of hydrogen-bond donors (Lipinski definition) is 1. The monoisotopic (exact) mass is 270 g/mol. The Labute approximate surface area is 118 Å². The Hall–Kier alpha value is -2.49. The fraction of sp³-hybridized carbons (Fsp3) is 0.188. The van der Waals surface area contributed by atoms with E-state index in [0.717, 1.165) is 11.4 Å². The van der Waals surface area contributed by atoms with Crippen LogP contribution in [0.25, 0.3) is 0 Å². The predicted octanol–water partition coefficient (Wildman–Crippen LogP) is 2.94. The van der Waals surface area contributed by atoms with Gasteiger partial charge in [0.1, 0.15) is 5.75 Å². The molecule has 4 nitrogen and oxygen atoms in total. The van der Waals surface area contributed by atoms with E-state index in [-0.39, 0.29) is 5.91 Å². The molecule has 2 aromatic carbocycles. The Morgan fingerprint density at radius 2 is 1.80 bits per heavy atom. The summed E-state index contributed by atoms with van der Waals surface area (Å²) in [5.74, 6) is 0.656. The maximum atomic E-state index is 12.4. The maximum absolute atomic E-state index is 12.4. The van der Waals surface area contributed by atoms with Crippen LogP contribution in [-0.4, -0.2) is 19.6 Å². The molecule has 0 aliphatic rings. The number of nitrogens with zero attached hydrogens (tertiary/aromatic N) is 1. The highest BCUT2D eigenvalue weighted by Crippen LogP contribution is 2.21. The average Bonchev–Trinajstić information content (AvgIpc) is 2.47. The molecule has 0 bridgehead atoms. The molecule has 4 heteroatoms. The normalized spacial score (nSPS) is 10.1. The third kappa shape index (κ3) is 2.91. The van der Waals surface area contributed by atoms with Gasteiger partial charge >= 0.3 is 0 Å². The molecule has 1 amide bonds. The van der Waals surface area contributed by atoms with Gasteiger partial charge in [0.05, 0.1) is 12.2 Å². The van der Waals surface area contributed by atoms with Crippen LogP contribution in [0.3, 0.4) is 0 Å². The summed E-state index contributed by atoms with van der Waals surface area (Å²) in [5.41, 5.74) is 7.61. The Morgan fingerprint density at radius 3 is 2.40 bits per heavy atom. The smallest absolute Gasteiger partial charge is 0.260 e. The number of rotatable bonds is 4. The second-order valence-corrected chi connectivity index (χ2v) is 4.38. The van der Waals surface area contributed by atoms with Gasteiger partial charge in [-0.3, -0.25) is 4.79 Å². The lowest BCUT2D eigenvalue weighted by Gasteiger charge is -2.18. The zero-order valence-electron chi connectivity index (χ0n) is 11.7. The van der Waals surface area contributed by atoms with Crippen LogP contribution in [0.15, 0.2) is 48.5 Å². The SMILES string of the molecule is CCOc1ccc(N(C)C(=O)c2ccccc2N)cc1. The van der Waals surface area contributed by atoms with E-state index in [9.17, 15) is 4.79 Å². The van der Waals surface area contributed by atoms with Gasteiger partial charge < -0.3 is 15.4 Å². The molecular formula is C16H18N2O2. The highest BCUT2D eigenvalue weighted by molar-refractivity contribution is 6.08. The van der Waals surface area contributed by atoms with E-state index in [1.165, 1.54) is 0 Å². The topological polar surface area (TPSA) is 55.6 Å². The van der Waals surface area contributed by atoms with Crippen LogP contribution >= 0.6 is 0 Å². The van der Waals surface area contributed by atoms with E-state index in [1.807, 2.05) is 37.3 Å². The van der Waals surface area contributed by atoms with Crippen LogP contribution in [0, 0.1) is 0 Å². The largest absolute Gasteiger partial charge is 0.494 e. The van der Waals surface area contributed by atoms with Gasteiger partial charge in [-0.1, -0.05) is 12.1 Å². The lowest BCUT2D eigenvalue weighted by atomic mass is 10.1. The van der Waals surface area contributed by atoms with E-state index in [4.69, 9.17) is 10.5 Å². The molecule has 0 aliphatic heterocycles. The molecule has 2 aromatic rings. The van der Waals surface area contributed by atoms with Crippen molar-refractivity contribution in [1.82, 2.24) is 0 Å². The van der Waals surface area contributed by atoms with Gasteiger partial charge in [-0.2, -0.15) is 0 Å². The Morgan fingerprint density at radius 1 is 1.15 bits per heavy atom. The van der Waals surface area contributed by atoms with Gasteiger partial charge in [-0.15, -0.1) is 0 Å². The molecule has 20 heavy (non-hydrogen) atoms. The van der Waals surface area contributed by atoms with Gasteiger partial charge in [0.15, 0.2) is 0 Å². The fourth-order valence-corrected chi connectivity index (χ4v) is 1.92. The second-order valence-electron chi connectivity index (χ2n) is 4.38. The molecule has 2 rings (SSSR count). The first kappa shape index (κ1) is 13.9. The Kier molecular flexibility index (Phi) is 4.25. The molecule has 0 aliphatic carbocycles. The minimum absolute atomic E-state index is 0.132. The summed E-state index contributed by atoms with van der Waals surface area (Å²) in [6.07, 6.45) is 0. The lowest BCUT2D eigenvalue weighted by Crippen LogP contribution is -2.26. The number of nitrogen functional groups attached to an aromatic ring is 1. The van der Waals surface area contributed by atoms with Crippen molar-refractivity contribution < 1.29 is 9.53 Å². The van der Waals surface area contributed by atoms with Gasteiger partial charge in [-0.05, 0) is 43.3 Å². The van der Waals surface area contributed by atoms with Crippen molar-refractivity contribution in [3.05, 3.63) is 54.1 Å². The summed E-state index contributed by atoms with van der Waals surface area (Å²) in [7, 11) is 1.73. The van der Waals surface area contributed by atoms with Crippen molar-refractivity contribution >= 4 is 17.3 Å². The average molecular weight is 270 g/mol. The lowest BCUT2D eigenvalue weighted by molar-refractivity contribution is 0.0994. The van der Waals surface area contributed by atoms with Crippen molar-refractivity contribution in [3.63, 3.8) is 0 Å². The molecule has 0 heterocycles. The summed E-state index contributed by atoms with van der Waals surface area (Å²) in [4.78, 5) is 14.0. The van der Waals surface area contributed by atoms with Crippen LogP contribution in [0.4, 0.5) is 11.4 Å². The molecular weight excluding hydrogens is 252 g/mol.